The third-order valence-electron chi connectivity index (χ3n) is 4.81. The first-order valence-corrected chi connectivity index (χ1v) is 8.98. The van der Waals surface area contributed by atoms with Gasteiger partial charge >= 0.3 is 0 Å². The van der Waals surface area contributed by atoms with E-state index in [-0.39, 0.29) is 0 Å². The molecule has 0 spiro atoms. The predicted molar refractivity (Wildman–Crippen MR) is 95.9 cm³/mol. The molecule has 2 fully saturated rings. The van der Waals surface area contributed by atoms with E-state index in [0.29, 0.717) is 6.04 Å². The van der Waals surface area contributed by atoms with Crippen LogP contribution in [0.2, 0.25) is 0 Å². The van der Waals surface area contributed by atoms with Crippen molar-refractivity contribution in [3.8, 4) is 0 Å². The van der Waals surface area contributed by atoms with E-state index in [4.69, 9.17) is 0 Å². The molecule has 0 atom stereocenters. The summed E-state index contributed by atoms with van der Waals surface area (Å²) in [7, 11) is 1.86. The maximum atomic E-state index is 4.44. The molecular weight excluding hydrogens is 286 g/mol. The fraction of sp³-hybridized carbons (Fsp3) is 0.667. The third-order valence-corrected chi connectivity index (χ3v) is 4.81. The molecule has 2 N–H and O–H groups in total. The topological polar surface area (TPSA) is 52.6 Å². The summed E-state index contributed by atoms with van der Waals surface area (Å²) in [6.07, 6.45) is 9.63. The Balaban J connectivity index is 1.36. The lowest BCUT2D eigenvalue weighted by atomic mass is 10.1. The molecule has 0 unspecified atom stereocenters. The summed E-state index contributed by atoms with van der Waals surface area (Å²) in [5.41, 5.74) is 0. The van der Waals surface area contributed by atoms with Crippen molar-refractivity contribution in [2.45, 2.75) is 44.6 Å². The molecule has 23 heavy (non-hydrogen) atoms. The smallest absolute Gasteiger partial charge is 0.191 e. The summed E-state index contributed by atoms with van der Waals surface area (Å²) in [6, 6.07) is 6.62. The van der Waals surface area contributed by atoms with Gasteiger partial charge in [0.25, 0.3) is 0 Å². The van der Waals surface area contributed by atoms with Crippen LogP contribution in [0.25, 0.3) is 0 Å². The molecular formula is C18H29N5. The van der Waals surface area contributed by atoms with E-state index in [1.165, 1.54) is 25.7 Å². The van der Waals surface area contributed by atoms with Gasteiger partial charge in [0.1, 0.15) is 5.82 Å². The Morgan fingerprint density at radius 2 is 2.09 bits per heavy atom. The van der Waals surface area contributed by atoms with Gasteiger partial charge in [-0.2, -0.15) is 0 Å². The lowest BCUT2D eigenvalue weighted by Gasteiger charge is -2.33. The number of hydrogen-bond acceptors (Lipinski definition) is 3. The minimum atomic E-state index is 0.504. The van der Waals surface area contributed by atoms with E-state index in [1.54, 1.807) is 0 Å². The maximum absolute atomic E-state index is 4.44. The first-order chi connectivity index (χ1) is 11.3. The Morgan fingerprint density at radius 3 is 2.74 bits per heavy atom. The van der Waals surface area contributed by atoms with E-state index in [9.17, 15) is 0 Å². The summed E-state index contributed by atoms with van der Waals surface area (Å²) >= 11 is 0. The van der Waals surface area contributed by atoms with Gasteiger partial charge in [-0.15, -0.1) is 0 Å². The number of pyridine rings is 1. The van der Waals surface area contributed by atoms with Gasteiger partial charge in [-0.3, -0.25) is 4.99 Å². The van der Waals surface area contributed by atoms with Crippen LogP contribution in [-0.4, -0.2) is 43.7 Å². The lowest BCUT2D eigenvalue weighted by Crippen LogP contribution is -2.49. The Bertz CT molecular complexity index is 489. The first kappa shape index (κ1) is 16.1. The normalized spacial score (nSPS) is 19.7. The fourth-order valence-electron chi connectivity index (χ4n) is 3.19. The third kappa shape index (κ3) is 5.12. The zero-order valence-electron chi connectivity index (χ0n) is 14.2. The average molecular weight is 315 g/mol. The van der Waals surface area contributed by atoms with Gasteiger partial charge in [-0.1, -0.05) is 18.9 Å². The minimum absolute atomic E-state index is 0.504. The van der Waals surface area contributed by atoms with Crippen LogP contribution in [0, 0.1) is 5.92 Å². The second-order valence-corrected chi connectivity index (χ2v) is 6.68. The second kappa shape index (κ2) is 8.18. The fourth-order valence-corrected chi connectivity index (χ4v) is 3.19. The molecule has 0 bridgehead atoms. The largest absolute Gasteiger partial charge is 0.356 e. The van der Waals surface area contributed by atoms with Crippen LogP contribution in [0.1, 0.15) is 38.5 Å². The van der Waals surface area contributed by atoms with Crippen molar-refractivity contribution < 1.29 is 0 Å². The monoisotopic (exact) mass is 315 g/mol. The highest BCUT2D eigenvalue weighted by Crippen LogP contribution is 2.33. The maximum Gasteiger partial charge on any atom is 0.191 e. The lowest BCUT2D eigenvalue weighted by molar-refractivity contribution is 0.459. The summed E-state index contributed by atoms with van der Waals surface area (Å²) in [6.45, 7) is 3.13. The van der Waals surface area contributed by atoms with Crippen LogP contribution in [0.5, 0.6) is 0 Å². The predicted octanol–water partition coefficient (Wildman–Crippen LogP) is 2.41. The summed E-state index contributed by atoms with van der Waals surface area (Å²) in [4.78, 5) is 11.2. The van der Waals surface area contributed by atoms with E-state index in [0.717, 1.165) is 50.2 Å². The van der Waals surface area contributed by atoms with Crippen molar-refractivity contribution in [1.82, 2.24) is 15.6 Å². The van der Waals surface area contributed by atoms with Crippen molar-refractivity contribution in [2.24, 2.45) is 10.9 Å². The van der Waals surface area contributed by atoms with Crippen molar-refractivity contribution in [3.63, 3.8) is 0 Å². The molecule has 1 aromatic rings. The standard InChI is InChI=1S/C18H29N5/c1-19-18(21-12-4-5-15-7-8-15)22-16-9-13-23(14-10-16)17-6-2-3-11-20-17/h2-3,6,11,15-16H,4-5,7-10,12-14H2,1H3,(H2,19,21,22). The number of nitrogens with zero attached hydrogens (tertiary/aromatic N) is 3. The van der Waals surface area contributed by atoms with Gasteiger partial charge in [-0.25, -0.2) is 4.98 Å². The van der Waals surface area contributed by atoms with Crippen LogP contribution in [0.15, 0.2) is 29.4 Å². The van der Waals surface area contributed by atoms with Gasteiger partial charge in [0.05, 0.1) is 0 Å². The highest BCUT2D eigenvalue weighted by Gasteiger charge is 2.21. The van der Waals surface area contributed by atoms with Crippen LogP contribution >= 0.6 is 0 Å². The molecule has 126 valence electrons. The zero-order valence-corrected chi connectivity index (χ0v) is 14.2. The number of anilines is 1. The molecule has 1 saturated carbocycles. The number of nitrogens with one attached hydrogen (secondary N) is 2. The zero-order chi connectivity index (χ0) is 15.9. The highest BCUT2D eigenvalue weighted by atomic mass is 15.2. The van der Waals surface area contributed by atoms with Gasteiger partial charge < -0.3 is 15.5 Å². The first-order valence-electron chi connectivity index (χ1n) is 8.98. The average Bonchev–Trinajstić information content (AvgIpc) is 3.43. The van der Waals surface area contributed by atoms with Crippen molar-refractivity contribution in [2.75, 3.05) is 31.6 Å². The van der Waals surface area contributed by atoms with Gasteiger partial charge in [-0.05, 0) is 43.7 Å². The van der Waals surface area contributed by atoms with Crippen LogP contribution in [0.4, 0.5) is 5.82 Å². The van der Waals surface area contributed by atoms with Crippen LogP contribution in [-0.2, 0) is 0 Å². The molecule has 1 aliphatic heterocycles. The quantitative estimate of drug-likeness (QED) is 0.481. The van der Waals surface area contributed by atoms with E-state index in [2.05, 4.69) is 37.6 Å². The van der Waals surface area contributed by atoms with E-state index < -0.39 is 0 Å². The molecule has 5 nitrogen and oxygen atoms in total. The van der Waals surface area contributed by atoms with Gasteiger partial charge in [0.15, 0.2) is 5.96 Å². The van der Waals surface area contributed by atoms with Gasteiger partial charge in [0, 0.05) is 38.9 Å². The van der Waals surface area contributed by atoms with E-state index >= 15 is 0 Å². The Morgan fingerprint density at radius 1 is 1.26 bits per heavy atom. The van der Waals surface area contributed by atoms with Crippen LogP contribution < -0.4 is 15.5 Å². The molecule has 0 radical (unpaired) electrons. The Labute approximate surface area is 139 Å². The molecule has 2 aliphatic rings. The molecule has 5 heteroatoms. The Hall–Kier alpha value is -1.78. The van der Waals surface area contributed by atoms with E-state index in [1.807, 2.05) is 19.3 Å². The number of hydrogen-bond donors (Lipinski definition) is 2. The SMILES string of the molecule is CN=C(NCCCC1CC1)NC1CCN(c2ccccn2)CC1. The number of rotatable bonds is 6. The molecule has 1 aromatic heterocycles. The van der Waals surface area contributed by atoms with Crippen molar-refractivity contribution >= 4 is 11.8 Å². The highest BCUT2D eigenvalue weighted by molar-refractivity contribution is 5.79. The summed E-state index contributed by atoms with van der Waals surface area (Å²) < 4.78 is 0. The molecule has 1 aliphatic carbocycles. The Kier molecular flexibility index (Phi) is 5.72. The molecule has 2 heterocycles. The number of aromatic nitrogens is 1. The molecule has 3 rings (SSSR count). The summed E-state index contributed by atoms with van der Waals surface area (Å²) in [5, 5.41) is 7.03. The molecule has 0 amide bonds. The summed E-state index contributed by atoms with van der Waals surface area (Å²) in [5.74, 6) is 3.06. The number of guanidine groups is 1. The minimum Gasteiger partial charge on any atom is -0.356 e. The molecule has 1 saturated heterocycles. The van der Waals surface area contributed by atoms with Crippen molar-refractivity contribution in [1.29, 1.82) is 0 Å². The number of piperidine rings is 1. The van der Waals surface area contributed by atoms with Crippen molar-refractivity contribution in [3.05, 3.63) is 24.4 Å². The van der Waals surface area contributed by atoms with Gasteiger partial charge in [0.2, 0.25) is 0 Å². The second-order valence-electron chi connectivity index (χ2n) is 6.68. The van der Waals surface area contributed by atoms with Crippen LogP contribution in [0.3, 0.4) is 0 Å². The number of aliphatic imine (C=N–C) groups is 1. The molecule has 0 aromatic carbocycles.